The molecule has 1 aromatic carbocycles. The summed E-state index contributed by atoms with van der Waals surface area (Å²) < 4.78 is 1.96. The third-order valence-electron chi connectivity index (χ3n) is 3.68. The van der Waals surface area contributed by atoms with E-state index in [-0.39, 0.29) is 0 Å². The Morgan fingerprint density at radius 1 is 1.15 bits per heavy atom. The van der Waals surface area contributed by atoms with Crippen molar-refractivity contribution in [1.29, 1.82) is 0 Å². The largest absolute Gasteiger partial charge is 0.388 e. The minimum atomic E-state index is -0.474. The second-order valence-electron chi connectivity index (χ2n) is 5.63. The van der Waals surface area contributed by atoms with Gasteiger partial charge in [0.05, 0.1) is 11.8 Å². The molecule has 3 nitrogen and oxygen atoms in total. The van der Waals surface area contributed by atoms with Crippen LogP contribution in [-0.2, 0) is 13.0 Å². The smallest absolute Gasteiger partial charge is 0.0845 e. The molecule has 0 amide bonds. The topological polar surface area (TPSA) is 38.0 Å². The standard InChI is InChI=1S/C17H24N2O/c1-5-19-16(10-13(4)18-19)11-17(20)15-8-6-14(7-9-15)12(2)3/h6-10,12,17,20H,5,11H2,1-4H3. The van der Waals surface area contributed by atoms with E-state index in [2.05, 4.69) is 44.1 Å². The summed E-state index contributed by atoms with van der Waals surface area (Å²) in [5.41, 5.74) is 4.36. The summed E-state index contributed by atoms with van der Waals surface area (Å²) in [4.78, 5) is 0. The van der Waals surface area contributed by atoms with Crippen molar-refractivity contribution in [1.82, 2.24) is 9.78 Å². The first-order valence-corrected chi connectivity index (χ1v) is 7.32. The molecule has 0 aliphatic carbocycles. The lowest BCUT2D eigenvalue weighted by Gasteiger charge is -2.13. The molecule has 0 fully saturated rings. The van der Waals surface area contributed by atoms with Gasteiger partial charge in [-0.15, -0.1) is 0 Å². The maximum atomic E-state index is 10.4. The van der Waals surface area contributed by atoms with Gasteiger partial charge in [-0.2, -0.15) is 5.10 Å². The van der Waals surface area contributed by atoms with E-state index in [1.807, 2.05) is 23.7 Å². The first-order chi connectivity index (χ1) is 9.51. The summed E-state index contributed by atoms with van der Waals surface area (Å²) in [6.45, 7) is 9.24. The average molecular weight is 272 g/mol. The van der Waals surface area contributed by atoms with Crippen LogP contribution in [0.25, 0.3) is 0 Å². The lowest BCUT2D eigenvalue weighted by molar-refractivity contribution is 0.175. The summed E-state index contributed by atoms with van der Waals surface area (Å²) in [5.74, 6) is 0.519. The lowest BCUT2D eigenvalue weighted by Crippen LogP contribution is -2.08. The number of aromatic nitrogens is 2. The van der Waals surface area contributed by atoms with Crippen LogP contribution in [0.1, 0.15) is 55.3 Å². The van der Waals surface area contributed by atoms with Crippen molar-refractivity contribution in [2.45, 2.75) is 52.7 Å². The molecule has 0 spiro atoms. The second-order valence-corrected chi connectivity index (χ2v) is 5.63. The van der Waals surface area contributed by atoms with Crippen molar-refractivity contribution in [3.63, 3.8) is 0 Å². The van der Waals surface area contributed by atoms with Gasteiger partial charge in [0.15, 0.2) is 0 Å². The maximum Gasteiger partial charge on any atom is 0.0845 e. The number of aliphatic hydroxyl groups is 1. The Kier molecular flexibility index (Phi) is 4.61. The van der Waals surface area contributed by atoms with E-state index in [1.54, 1.807) is 0 Å². The molecular weight excluding hydrogens is 248 g/mol. The second kappa shape index (κ2) is 6.23. The van der Waals surface area contributed by atoms with Crippen LogP contribution in [0.5, 0.6) is 0 Å². The molecule has 1 heterocycles. The van der Waals surface area contributed by atoms with Gasteiger partial charge in [-0.1, -0.05) is 38.1 Å². The Morgan fingerprint density at radius 3 is 2.30 bits per heavy atom. The molecule has 0 bridgehead atoms. The summed E-state index contributed by atoms with van der Waals surface area (Å²) >= 11 is 0. The van der Waals surface area contributed by atoms with Crippen molar-refractivity contribution in [3.8, 4) is 0 Å². The van der Waals surface area contributed by atoms with E-state index in [0.717, 1.165) is 23.5 Å². The highest BCUT2D eigenvalue weighted by Gasteiger charge is 2.13. The molecule has 3 heteroatoms. The fourth-order valence-corrected chi connectivity index (χ4v) is 2.46. The average Bonchev–Trinajstić information content (AvgIpc) is 2.78. The SMILES string of the molecule is CCn1nc(C)cc1CC(O)c1ccc(C(C)C)cc1. The van der Waals surface area contributed by atoms with Gasteiger partial charge < -0.3 is 5.11 Å². The lowest BCUT2D eigenvalue weighted by atomic mass is 9.98. The first-order valence-electron chi connectivity index (χ1n) is 7.32. The van der Waals surface area contributed by atoms with Gasteiger partial charge in [0.1, 0.15) is 0 Å². The van der Waals surface area contributed by atoms with Crippen LogP contribution in [-0.4, -0.2) is 14.9 Å². The molecule has 2 rings (SSSR count). The van der Waals surface area contributed by atoms with Gasteiger partial charge in [-0.25, -0.2) is 0 Å². The molecule has 2 aromatic rings. The highest BCUT2D eigenvalue weighted by atomic mass is 16.3. The van der Waals surface area contributed by atoms with E-state index in [1.165, 1.54) is 5.56 Å². The molecule has 108 valence electrons. The van der Waals surface area contributed by atoms with Crippen molar-refractivity contribution in [2.24, 2.45) is 0 Å². The molecule has 1 N–H and O–H groups in total. The van der Waals surface area contributed by atoms with Crippen LogP contribution in [0.3, 0.4) is 0 Å². The van der Waals surface area contributed by atoms with Crippen LogP contribution in [0.2, 0.25) is 0 Å². The molecule has 20 heavy (non-hydrogen) atoms. The molecule has 1 unspecified atom stereocenters. The van der Waals surface area contributed by atoms with E-state index in [9.17, 15) is 5.11 Å². The molecule has 1 aromatic heterocycles. The molecule has 0 aliphatic rings. The minimum Gasteiger partial charge on any atom is -0.388 e. The van der Waals surface area contributed by atoms with E-state index < -0.39 is 6.10 Å². The summed E-state index contributed by atoms with van der Waals surface area (Å²) in [5, 5.41) is 14.8. The fraction of sp³-hybridized carbons (Fsp3) is 0.471. The number of aliphatic hydroxyl groups excluding tert-OH is 1. The quantitative estimate of drug-likeness (QED) is 0.903. The Labute approximate surface area is 121 Å². The summed E-state index contributed by atoms with van der Waals surface area (Å²) in [6.07, 6.45) is 0.132. The number of hydrogen-bond donors (Lipinski definition) is 1. The number of benzene rings is 1. The van der Waals surface area contributed by atoms with E-state index >= 15 is 0 Å². The van der Waals surface area contributed by atoms with Gasteiger partial charge in [0.25, 0.3) is 0 Å². The monoisotopic (exact) mass is 272 g/mol. The zero-order valence-electron chi connectivity index (χ0n) is 12.8. The predicted octanol–water partition coefficient (Wildman–Crippen LogP) is 3.61. The van der Waals surface area contributed by atoms with Crippen LogP contribution in [0.4, 0.5) is 0 Å². The summed E-state index contributed by atoms with van der Waals surface area (Å²) in [7, 11) is 0. The third kappa shape index (κ3) is 3.28. The molecule has 1 atom stereocenters. The van der Waals surface area contributed by atoms with Gasteiger partial charge >= 0.3 is 0 Å². The van der Waals surface area contributed by atoms with Gasteiger partial charge in [0, 0.05) is 18.7 Å². The van der Waals surface area contributed by atoms with Crippen molar-refractivity contribution in [3.05, 3.63) is 52.8 Å². The summed E-state index contributed by atoms with van der Waals surface area (Å²) in [6, 6.07) is 10.3. The van der Waals surface area contributed by atoms with Crippen molar-refractivity contribution in [2.75, 3.05) is 0 Å². The zero-order chi connectivity index (χ0) is 14.7. The van der Waals surface area contributed by atoms with Crippen LogP contribution < -0.4 is 0 Å². The van der Waals surface area contributed by atoms with Crippen LogP contribution in [0.15, 0.2) is 30.3 Å². The van der Waals surface area contributed by atoms with Gasteiger partial charge in [-0.3, -0.25) is 4.68 Å². The highest BCUT2D eigenvalue weighted by Crippen LogP contribution is 2.22. The van der Waals surface area contributed by atoms with Crippen molar-refractivity contribution < 1.29 is 5.11 Å². The van der Waals surface area contributed by atoms with E-state index in [4.69, 9.17) is 0 Å². The van der Waals surface area contributed by atoms with Crippen molar-refractivity contribution >= 4 is 0 Å². The van der Waals surface area contributed by atoms with Gasteiger partial charge in [-0.05, 0) is 37.0 Å². The Hall–Kier alpha value is -1.61. The molecule has 0 radical (unpaired) electrons. The van der Waals surface area contributed by atoms with E-state index in [0.29, 0.717) is 12.3 Å². The van der Waals surface area contributed by atoms with Crippen LogP contribution in [0, 0.1) is 6.92 Å². The normalized spacial score (nSPS) is 12.9. The van der Waals surface area contributed by atoms with Crippen LogP contribution >= 0.6 is 0 Å². The highest BCUT2D eigenvalue weighted by molar-refractivity contribution is 5.27. The molecule has 0 saturated carbocycles. The number of nitrogens with zero attached hydrogens (tertiary/aromatic N) is 2. The number of hydrogen-bond acceptors (Lipinski definition) is 2. The number of aryl methyl sites for hydroxylation is 2. The zero-order valence-corrected chi connectivity index (χ0v) is 12.8. The molecule has 0 aliphatic heterocycles. The number of rotatable bonds is 5. The molecular formula is C17H24N2O. The van der Waals surface area contributed by atoms with Gasteiger partial charge in [0.2, 0.25) is 0 Å². The minimum absolute atomic E-state index is 0.474. The first kappa shape index (κ1) is 14.8. The Morgan fingerprint density at radius 2 is 1.75 bits per heavy atom. The Balaban J connectivity index is 2.13. The maximum absolute atomic E-state index is 10.4. The Bertz CT molecular complexity index is 555. The third-order valence-corrected chi connectivity index (χ3v) is 3.68. The predicted molar refractivity (Wildman–Crippen MR) is 81.8 cm³/mol. The fourth-order valence-electron chi connectivity index (χ4n) is 2.46. The molecule has 0 saturated heterocycles.